The number of anilines is 1. The van der Waals surface area contributed by atoms with E-state index in [4.69, 9.17) is 4.74 Å². The lowest BCUT2D eigenvalue weighted by molar-refractivity contribution is -0.384. The van der Waals surface area contributed by atoms with E-state index in [-0.39, 0.29) is 5.69 Å². The molecule has 0 aliphatic carbocycles. The molecule has 1 heterocycles. The lowest BCUT2D eigenvalue weighted by Crippen LogP contribution is -2.46. The molecule has 3 rings (SSSR count). The number of nitrogens with zero attached hydrogens (tertiary/aromatic N) is 1. The van der Waals surface area contributed by atoms with Crippen LogP contribution < -0.4 is 20.7 Å². The van der Waals surface area contributed by atoms with Crippen LogP contribution in [0.3, 0.4) is 0 Å². The van der Waals surface area contributed by atoms with E-state index < -0.39 is 22.9 Å². The first-order chi connectivity index (χ1) is 13.4. The van der Waals surface area contributed by atoms with Crippen LogP contribution in [-0.2, 0) is 4.79 Å². The number of methoxy groups -OCH3 is 1. The van der Waals surface area contributed by atoms with Crippen LogP contribution in [0.15, 0.2) is 59.8 Å². The van der Waals surface area contributed by atoms with Gasteiger partial charge in [-0.3, -0.25) is 14.9 Å². The normalized spacial score (nSPS) is 16.1. The average molecular weight is 382 g/mol. The van der Waals surface area contributed by atoms with Gasteiger partial charge in [-0.2, -0.15) is 0 Å². The number of rotatable bonds is 5. The van der Waals surface area contributed by atoms with Gasteiger partial charge < -0.3 is 20.7 Å². The molecule has 2 aromatic rings. The summed E-state index contributed by atoms with van der Waals surface area (Å²) in [7, 11) is 1.51. The molecule has 0 spiro atoms. The Kier molecular flexibility index (Phi) is 5.25. The fraction of sp³-hybridized carbons (Fsp3) is 0.158. The number of nitrogens with one attached hydrogen (secondary N) is 3. The van der Waals surface area contributed by atoms with Crippen molar-refractivity contribution in [2.75, 3.05) is 12.4 Å². The van der Waals surface area contributed by atoms with Gasteiger partial charge in [0.05, 0.1) is 23.6 Å². The van der Waals surface area contributed by atoms with Crippen LogP contribution in [0.5, 0.6) is 5.75 Å². The summed E-state index contributed by atoms with van der Waals surface area (Å²) >= 11 is 0. The summed E-state index contributed by atoms with van der Waals surface area (Å²) in [5.41, 5.74) is 1.66. The van der Waals surface area contributed by atoms with Gasteiger partial charge >= 0.3 is 6.03 Å². The lowest BCUT2D eigenvalue weighted by atomic mass is 9.94. The van der Waals surface area contributed by atoms with Gasteiger partial charge in [-0.15, -0.1) is 0 Å². The molecule has 0 aromatic heterocycles. The van der Waals surface area contributed by atoms with E-state index in [0.717, 1.165) is 0 Å². The molecule has 1 aliphatic heterocycles. The van der Waals surface area contributed by atoms with Gasteiger partial charge in [0.2, 0.25) is 0 Å². The Balaban J connectivity index is 1.93. The largest absolute Gasteiger partial charge is 0.496 e. The smallest absolute Gasteiger partial charge is 0.319 e. The summed E-state index contributed by atoms with van der Waals surface area (Å²) in [6, 6.07) is 11.4. The van der Waals surface area contributed by atoms with Gasteiger partial charge in [0.1, 0.15) is 5.75 Å². The Morgan fingerprint density at radius 1 is 1.18 bits per heavy atom. The Labute approximate surface area is 160 Å². The highest BCUT2D eigenvalue weighted by Crippen LogP contribution is 2.33. The van der Waals surface area contributed by atoms with Crippen LogP contribution in [0.4, 0.5) is 16.2 Å². The molecule has 28 heavy (non-hydrogen) atoms. The molecular weight excluding hydrogens is 364 g/mol. The van der Waals surface area contributed by atoms with Crippen LogP contribution in [0.25, 0.3) is 0 Å². The summed E-state index contributed by atoms with van der Waals surface area (Å²) in [5.74, 6) is 0.0814. The monoisotopic (exact) mass is 382 g/mol. The van der Waals surface area contributed by atoms with Gasteiger partial charge in [-0.05, 0) is 25.1 Å². The molecule has 2 aromatic carbocycles. The number of benzene rings is 2. The molecule has 0 saturated carbocycles. The fourth-order valence-corrected chi connectivity index (χ4v) is 3.00. The number of nitro groups is 1. The highest BCUT2D eigenvalue weighted by atomic mass is 16.6. The number of nitro benzene ring substituents is 1. The molecule has 1 aliphatic rings. The number of amides is 3. The Bertz CT molecular complexity index is 969. The third-order valence-electron chi connectivity index (χ3n) is 4.30. The molecule has 3 amide bonds. The van der Waals surface area contributed by atoms with Crippen molar-refractivity contribution in [3.05, 3.63) is 75.5 Å². The van der Waals surface area contributed by atoms with Crippen molar-refractivity contribution in [2.45, 2.75) is 13.0 Å². The Hall–Kier alpha value is -3.88. The maximum atomic E-state index is 13.0. The number of carbonyl (C=O) groups excluding carboxylic acids is 2. The van der Waals surface area contributed by atoms with E-state index in [2.05, 4.69) is 16.0 Å². The predicted molar refractivity (Wildman–Crippen MR) is 102 cm³/mol. The minimum absolute atomic E-state index is 0.0770. The molecule has 0 saturated heterocycles. The number of hydrogen-bond acceptors (Lipinski definition) is 5. The zero-order chi connectivity index (χ0) is 20.3. The van der Waals surface area contributed by atoms with Crippen LogP contribution >= 0.6 is 0 Å². The number of para-hydroxylation sites is 1. The zero-order valence-corrected chi connectivity index (χ0v) is 15.2. The van der Waals surface area contributed by atoms with E-state index in [1.807, 2.05) is 0 Å². The maximum Gasteiger partial charge on any atom is 0.319 e. The van der Waals surface area contributed by atoms with Gasteiger partial charge in [-0.1, -0.05) is 18.2 Å². The van der Waals surface area contributed by atoms with Crippen molar-refractivity contribution in [3.63, 3.8) is 0 Å². The van der Waals surface area contributed by atoms with Crippen molar-refractivity contribution in [1.29, 1.82) is 0 Å². The third kappa shape index (κ3) is 3.78. The average Bonchev–Trinajstić information content (AvgIpc) is 2.67. The van der Waals surface area contributed by atoms with Crippen LogP contribution in [-0.4, -0.2) is 24.0 Å². The number of non-ortho nitro benzene ring substituents is 1. The van der Waals surface area contributed by atoms with Gasteiger partial charge in [-0.25, -0.2) is 4.79 Å². The standard InChI is InChI=1S/C19H18N4O5/c1-11-16(18(24)21-12-7-9-13(10-8-12)23(26)27)17(22-19(25)20-11)14-5-3-4-6-15(14)28-2/h3-10,17H,1-2H3,(H,21,24)(H2,20,22,25). The van der Waals surface area contributed by atoms with E-state index in [1.54, 1.807) is 31.2 Å². The van der Waals surface area contributed by atoms with Gasteiger partial charge in [0.25, 0.3) is 11.6 Å². The van der Waals surface area contributed by atoms with Crippen LogP contribution in [0.1, 0.15) is 18.5 Å². The molecule has 3 N–H and O–H groups in total. The first kappa shape index (κ1) is 18.9. The number of hydrogen-bond donors (Lipinski definition) is 3. The fourth-order valence-electron chi connectivity index (χ4n) is 3.00. The molecule has 0 fully saturated rings. The molecule has 9 heteroatoms. The van der Waals surface area contributed by atoms with Crippen molar-refractivity contribution >= 4 is 23.3 Å². The highest BCUT2D eigenvalue weighted by molar-refractivity contribution is 6.06. The van der Waals surface area contributed by atoms with E-state index in [1.165, 1.54) is 31.4 Å². The zero-order valence-electron chi connectivity index (χ0n) is 15.2. The van der Waals surface area contributed by atoms with Gasteiger partial charge in [0.15, 0.2) is 0 Å². The summed E-state index contributed by atoms with van der Waals surface area (Å²) in [4.78, 5) is 35.2. The predicted octanol–water partition coefficient (Wildman–Crippen LogP) is 2.87. The lowest BCUT2D eigenvalue weighted by Gasteiger charge is -2.29. The minimum Gasteiger partial charge on any atom is -0.496 e. The summed E-state index contributed by atoms with van der Waals surface area (Å²) < 4.78 is 5.36. The quantitative estimate of drug-likeness (QED) is 0.542. The number of carbonyl (C=O) groups is 2. The number of urea groups is 1. The summed E-state index contributed by atoms with van der Waals surface area (Å²) in [5, 5.41) is 18.8. The Morgan fingerprint density at radius 2 is 1.86 bits per heavy atom. The number of allylic oxidation sites excluding steroid dienone is 1. The first-order valence-electron chi connectivity index (χ1n) is 8.37. The van der Waals surface area contributed by atoms with Crippen molar-refractivity contribution < 1.29 is 19.2 Å². The first-order valence-corrected chi connectivity index (χ1v) is 8.37. The summed E-state index contributed by atoms with van der Waals surface area (Å²) in [6.45, 7) is 1.63. The number of ether oxygens (including phenoxy) is 1. The van der Waals surface area contributed by atoms with Crippen molar-refractivity contribution in [1.82, 2.24) is 10.6 Å². The molecule has 1 unspecified atom stereocenters. The second kappa shape index (κ2) is 7.78. The molecule has 144 valence electrons. The molecule has 1 atom stereocenters. The minimum atomic E-state index is -0.719. The molecule has 9 nitrogen and oxygen atoms in total. The van der Waals surface area contributed by atoms with E-state index in [9.17, 15) is 19.7 Å². The SMILES string of the molecule is COc1ccccc1C1NC(=O)NC(C)=C1C(=O)Nc1ccc([N+](=O)[O-])cc1. The second-order valence-corrected chi connectivity index (χ2v) is 6.07. The van der Waals surface area contributed by atoms with Crippen LogP contribution in [0.2, 0.25) is 0 Å². The summed E-state index contributed by atoms with van der Waals surface area (Å²) in [6.07, 6.45) is 0. The van der Waals surface area contributed by atoms with E-state index >= 15 is 0 Å². The van der Waals surface area contributed by atoms with Crippen molar-refractivity contribution in [2.24, 2.45) is 0 Å². The molecule has 0 radical (unpaired) electrons. The van der Waals surface area contributed by atoms with Crippen LogP contribution in [0, 0.1) is 10.1 Å². The van der Waals surface area contributed by atoms with Crippen molar-refractivity contribution in [3.8, 4) is 5.75 Å². The molecular formula is C19H18N4O5. The third-order valence-corrected chi connectivity index (χ3v) is 4.30. The second-order valence-electron chi connectivity index (χ2n) is 6.07. The highest BCUT2D eigenvalue weighted by Gasteiger charge is 2.32. The maximum absolute atomic E-state index is 13.0. The molecule has 0 bridgehead atoms. The Morgan fingerprint density at radius 3 is 2.50 bits per heavy atom. The van der Waals surface area contributed by atoms with E-state index in [0.29, 0.717) is 28.3 Å². The topological polar surface area (TPSA) is 123 Å². The van der Waals surface area contributed by atoms with Gasteiger partial charge in [0, 0.05) is 29.1 Å².